The minimum atomic E-state index is 0.270. The van der Waals surface area contributed by atoms with Crippen molar-refractivity contribution in [2.75, 3.05) is 26.2 Å². The molecule has 1 aliphatic carbocycles. The van der Waals surface area contributed by atoms with Crippen LogP contribution in [-0.2, 0) is 4.74 Å². The van der Waals surface area contributed by atoms with Gasteiger partial charge in [-0.15, -0.1) is 0 Å². The maximum atomic E-state index is 5.64. The van der Waals surface area contributed by atoms with Crippen molar-refractivity contribution >= 4 is 0 Å². The second-order valence-electron chi connectivity index (χ2n) is 4.86. The van der Waals surface area contributed by atoms with Crippen LogP contribution >= 0.6 is 0 Å². The molecule has 1 saturated carbocycles. The van der Waals surface area contributed by atoms with Crippen molar-refractivity contribution in [3.63, 3.8) is 0 Å². The fourth-order valence-corrected chi connectivity index (χ4v) is 2.66. The van der Waals surface area contributed by atoms with Crippen LogP contribution in [-0.4, -0.2) is 43.3 Å². The molecule has 0 aromatic rings. The Bertz CT molecular complexity index is 198. The first-order valence-electron chi connectivity index (χ1n) is 5.78. The molecule has 0 spiro atoms. The van der Waals surface area contributed by atoms with Crippen molar-refractivity contribution in [1.82, 2.24) is 4.90 Å². The molecular formula is C11H22N2O. The predicted molar refractivity (Wildman–Crippen MR) is 57.1 cm³/mol. The average molecular weight is 198 g/mol. The maximum absolute atomic E-state index is 5.64. The number of nitrogens with two attached hydrogens (primary N) is 1. The molecule has 1 saturated heterocycles. The van der Waals surface area contributed by atoms with E-state index in [-0.39, 0.29) is 6.10 Å². The molecule has 0 amide bonds. The quantitative estimate of drug-likeness (QED) is 0.709. The van der Waals surface area contributed by atoms with E-state index in [0.29, 0.717) is 6.54 Å². The first kappa shape index (κ1) is 10.4. The van der Waals surface area contributed by atoms with Crippen LogP contribution in [0.2, 0.25) is 0 Å². The molecule has 1 heterocycles. The van der Waals surface area contributed by atoms with Crippen LogP contribution in [0.1, 0.15) is 20.3 Å². The van der Waals surface area contributed by atoms with Crippen LogP contribution in [0.4, 0.5) is 0 Å². The topological polar surface area (TPSA) is 38.5 Å². The lowest BCUT2D eigenvalue weighted by Crippen LogP contribution is -2.57. The Labute approximate surface area is 86.6 Å². The smallest absolute Gasteiger partial charge is 0.0824 e. The fraction of sp³-hybridized carbons (Fsp3) is 1.00. The molecule has 2 N–H and O–H groups in total. The van der Waals surface area contributed by atoms with Gasteiger partial charge in [0, 0.05) is 25.7 Å². The molecule has 2 fully saturated rings. The van der Waals surface area contributed by atoms with Crippen molar-refractivity contribution < 1.29 is 4.74 Å². The Morgan fingerprint density at radius 3 is 2.79 bits per heavy atom. The second kappa shape index (κ2) is 4.17. The standard InChI is InChI=1S/C11H22N2O/c1-8-5-11(9(8)2)13-3-4-14-10(6-12)7-13/h8-11H,3-7,12H2,1-2H3. The van der Waals surface area contributed by atoms with Crippen LogP contribution in [0.3, 0.4) is 0 Å². The number of ether oxygens (including phenoxy) is 1. The largest absolute Gasteiger partial charge is 0.374 e. The molecule has 14 heavy (non-hydrogen) atoms. The van der Waals surface area contributed by atoms with Gasteiger partial charge in [0.15, 0.2) is 0 Å². The highest BCUT2D eigenvalue weighted by Gasteiger charge is 2.39. The van der Waals surface area contributed by atoms with Gasteiger partial charge in [0.1, 0.15) is 0 Å². The lowest BCUT2D eigenvalue weighted by molar-refractivity contribution is -0.0772. The van der Waals surface area contributed by atoms with Gasteiger partial charge in [-0.05, 0) is 18.3 Å². The molecule has 3 nitrogen and oxygen atoms in total. The summed E-state index contributed by atoms with van der Waals surface area (Å²) < 4.78 is 5.57. The SMILES string of the molecule is CC1CC(N2CCOC(CN)C2)C1C. The molecule has 0 bridgehead atoms. The lowest BCUT2D eigenvalue weighted by Gasteiger charge is -2.49. The summed E-state index contributed by atoms with van der Waals surface area (Å²) in [6.07, 6.45) is 1.63. The molecule has 0 radical (unpaired) electrons. The predicted octanol–water partition coefficient (Wildman–Crippen LogP) is 0.690. The Kier molecular flexibility index (Phi) is 3.10. The zero-order valence-electron chi connectivity index (χ0n) is 9.28. The Balaban J connectivity index is 1.86. The van der Waals surface area contributed by atoms with E-state index in [1.54, 1.807) is 0 Å². The highest BCUT2D eigenvalue weighted by Crippen LogP contribution is 2.37. The normalized spacial score (nSPS) is 44.8. The Hall–Kier alpha value is -0.120. The van der Waals surface area contributed by atoms with Crippen molar-refractivity contribution in [1.29, 1.82) is 0 Å². The van der Waals surface area contributed by atoms with Gasteiger partial charge in [0.25, 0.3) is 0 Å². The first-order chi connectivity index (χ1) is 6.72. The Morgan fingerprint density at radius 2 is 2.21 bits per heavy atom. The third-order valence-electron chi connectivity index (χ3n) is 4.02. The number of hydrogen-bond acceptors (Lipinski definition) is 3. The minimum absolute atomic E-state index is 0.270. The molecule has 2 rings (SSSR count). The molecule has 0 aromatic heterocycles. The molecule has 82 valence electrons. The van der Waals surface area contributed by atoms with Crippen molar-refractivity contribution in [3.05, 3.63) is 0 Å². The van der Waals surface area contributed by atoms with E-state index in [1.807, 2.05) is 0 Å². The highest BCUT2D eigenvalue weighted by atomic mass is 16.5. The second-order valence-corrected chi connectivity index (χ2v) is 4.86. The van der Waals surface area contributed by atoms with E-state index in [1.165, 1.54) is 6.42 Å². The van der Waals surface area contributed by atoms with Gasteiger partial charge in [-0.3, -0.25) is 4.90 Å². The van der Waals surface area contributed by atoms with Crippen molar-refractivity contribution in [2.45, 2.75) is 32.4 Å². The van der Waals surface area contributed by atoms with Gasteiger partial charge in [-0.1, -0.05) is 13.8 Å². The number of nitrogens with zero attached hydrogens (tertiary/aromatic N) is 1. The van der Waals surface area contributed by atoms with Crippen LogP contribution in [0.15, 0.2) is 0 Å². The molecular weight excluding hydrogens is 176 g/mol. The average Bonchev–Trinajstić information content (AvgIpc) is 2.25. The Morgan fingerprint density at radius 1 is 1.43 bits per heavy atom. The summed E-state index contributed by atoms with van der Waals surface area (Å²) in [5, 5.41) is 0. The van der Waals surface area contributed by atoms with Crippen LogP contribution < -0.4 is 5.73 Å². The van der Waals surface area contributed by atoms with Gasteiger partial charge in [-0.25, -0.2) is 0 Å². The highest BCUT2D eigenvalue weighted by molar-refractivity contribution is 4.92. The van der Waals surface area contributed by atoms with E-state index in [9.17, 15) is 0 Å². The molecule has 4 atom stereocenters. The summed E-state index contributed by atoms with van der Waals surface area (Å²) in [6.45, 7) is 8.37. The molecule has 1 aliphatic heterocycles. The van der Waals surface area contributed by atoms with E-state index in [0.717, 1.165) is 37.6 Å². The minimum Gasteiger partial charge on any atom is -0.374 e. The van der Waals surface area contributed by atoms with Gasteiger partial charge in [-0.2, -0.15) is 0 Å². The maximum Gasteiger partial charge on any atom is 0.0824 e. The van der Waals surface area contributed by atoms with Gasteiger partial charge in [0.05, 0.1) is 12.7 Å². The summed E-state index contributed by atoms with van der Waals surface area (Å²) in [5.41, 5.74) is 5.64. The summed E-state index contributed by atoms with van der Waals surface area (Å²) in [5.74, 6) is 1.76. The van der Waals surface area contributed by atoms with E-state index >= 15 is 0 Å². The van der Waals surface area contributed by atoms with Crippen molar-refractivity contribution in [3.8, 4) is 0 Å². The van der Waals surface area contributed by atoms with Gasteiger partial charge >= 0.3 is 0 Å². The lowest BCUT2D eigenvalue weighted by atomic mass is 9.70. The first-order valence-corrected chi connectivity index (χ1v) is 5.78. The summed E-state index contributed by atoms with van der Waals surface area (Å²) >= 11 is 0. The number of hydrogen-bond donors (Lipinski definition) is 1. The summed E-state index contributed by atoms with van der Waals surface area (Å²) in [6, 6.07) is 0.794. The third-order valence-corrected chi connectivity index (χ3v) is 4.02. The van der Waals surface area contributed by atoms with Crippen LogP contribution in [0.25, 0.3) is 0 Å². The molecule has 0 aromatic carbocycles. The van der Waals surface area contributed by atoms with Crippen LogP contribution in [0, 0.1) is 11.8 Å². The molecule has 2 aliphatic rings. The van der Waals surface area contributed by atoms with E-state index < -0.39 is 0 Å². The monoisotopic (exact) mass is 198 g/mol. The number of morpholine rings is 1. The zero-order valence-corrected chi connectivity index (χ0v) is 9.28. The van der Waals surface area contributed by atoms with Crippen molar-refractivity contribution in [2.24, 2.45) is 17.6 Å². The van der Waals surface area contributed by atoms with E-state index in [4.69, 9.17) is 10.5 Å². The number of rotatable bonds is 2. The van der Waals surface area contributed by atoms with Gasteiger partial charge in [0.2, 0.25) is 0 Å². The molecule has 3 heteroatoms. The fourth-order valence-electron chi connectivity index (χ4n) is 2.66. The zero-order chi connectivity index (χ0) is 10.1. The summed E-state index contributed by atoms with van der Waals surface area (Å²) in [7, 11) is 0. The van der Waals surface area contributed by atoms with Gasteiger partial charge < -0.3 is 10.5 Å². The third kappa shape index (κ3) is 1.81. The van der Waals surface area contributed by atoms with Crippen LogP contribution in [0.5, 0.6) is 0 Å². The summed E-state index contributed by atoms with van der Waals surface area (Å²) in [4.78, 5) is 2.58. The molecule has 4 unspecified atom stereocenters. The van der Waals surface area contributed by atoms with E-state index in [2.05, 4.69) is 18.7 Å².